The van der Waals surface area contributed by atoms with Crippen molar-refractivity contribution < 1.29 is 14.7 Å². The molecule has 0 aromatic heterocycles. The molecule has 3 aromatic carbocycles. The second-order valence-electron chi connectivity index (χ2n) is 9.24. The third-order valence-electron chi connectivity index (χ3n) is 6.75. The van der Waals surface area contributed by atoms with Crippen molar-refractivity contribution in [1.29, 1.82) is 0 Å². The lowest BCUT2D eigenvalue weighted by Gasteiger charge is -2.42. The predicted octanol–water partition coefficient (Wildman–Crippen LogP) is 4.67. The van der Waals surface area contributed by atoms with Gasteiger partial charge in [0.1, 0.15) is 6.04 Å². The van der Waals surface area contributed by atoms with Gasteiger partial charge in [0.2, 0.25) is 5.91 Å². The second kappa shape index (κ2) is 10.2. The van der Waals surface area contributed by atoms with Crippen molar-refractivity contribution in [3.63, 3.8) is 0 Å². The van der Waals surface area contributed by atoms with Crippen LogP contribution in [-0.4, -0.2) is 40.5 Å². The van der Waals surface area contributed by atoms with Crippen LogP contribution in [0.2, 0.25) is 0 Å². The highest BCUT2D eigenvalue weighted by atomic mass is 16.4. The minimum atomic E-state index is -0.936. The molecular formula is C29H32N2O3. The van der Waals surface area contributed by atoms with Gasteiger partial charge in [0.25, 0.3) is 0 Å². The summed E-state index contributed by atoms with van der Waals surface area (Å²) in [4.78, 5) is 27.3. The monoisotopic (exact) mass is 456 g/mol. The van der Waals surface area contributed by atoms with Crippen LogP contribution in [0, 0.1) is 5.92 Å². The van der Waals surface area contributed by atoms with E-state index < -0.39 is 23.6 Å². The summed E-state index contributed by atoms with van der Waals surface area (Å²) in [5.74, 6) is -1.15. The molecule has 0 saturated carbocycles. The minimum absolute atomic E-state index is 0.0574. The van der Waals surface area contributed by atoms with Gasteiger partial charge in [-0.15, -0.1) is 0 Å². The van der Waals surface area contributed by atoms with Gasteiger partial charge in [-0.25, -0.2) is 4.79 Å². The highest BCUT2D eigenvalue weighted by molar-refractivity contribution is 5.88. The van der Waals surface area contributed by atoms with Crippen molar-refractivity contribution >= 4 is 11.9 Å². The van der Waals surface area contributed by atoms with Crippen LogP contribution in [0.1, 0.15) is 43.4 Å². The normalized spacial score (nSPS) is 17.0. The van der Waals surface area contributed by atoms with E-state index >= 15 is 0 Å². The minimum Gasteiger partial charge on any atom is -0.480 e. The molecule has 2 atom stereocenters. The van der Waals surface area contributed by atoms with Crippen molar-refractivity contribution in [2.24, 2.45) is 5.92 Å². The molecule has 0 aliphatic carbocycles. The average molecular weight is 457 g/mol. The molecule has 1 aliphatic rings. The number of rotatable bonds is 8. The summed E-state index contributed by atoms with van der Waals surface area (Å²) in [6.45, 7) is 4.48. The molecule has 176 valence electrons. The van der Waals surface area contributed by atoms with Gasteiger partial charge >= 0.3 is 5.97 Å². The molecule has 3 aromatic rings. The number of benzene rings is 3. The number of hydrogen-bond donors (Lipinski definition) is 2. The molecule has 1 amide bonds. The Hall–Kier alpha value is -3.44. The number of hydrogen-bond acceptors (Lipinski definition) is 3. The lowest BCUT2D eigenvalue weighted by atomic mass is 9.76. The SMILES string of the molecule is CC(C)[C@@H](NC(c1ccccc1)(c1ccccc1)c1ccccc1)C(=O)N1CCC[C@H]1C(=O)O. The van der Waals surface area contributed by atoms with E-state index in [1.807, 2.05) is 68.4 Å². The summed E-state index contributed by atoms with van der Waals surface area (Å²) in [5, 5.41) is 13.5. The molecule has 5 nitrogen and oxygen atoms in total. The summed E-state index contributed by atoms with van der Waals surface area (Å²) < 4.78 is 0. The first kappa shape index (κ1) is 23.7. The first-order valence-electron chi connectivity index (χ1n) is 11.9. The molecule has 1 fully saturated rings. The van der Waals surface area contributed by atoms with E-state index in [2.05, 4.69) is 41.7 Å². The molecular weight excluding hydrogens is 424 g/mol. The highest BCUT2D eigenvalue weighted by Gasteiger charge is 2.44. The summed E-state index contributed by atoms with van der Waals surface area (Å²) >= 11 is 0. The number of carboxylic acid groups (broad SMARTS) is 1. The van der Waals surface area contributed by atoms with Crippen molar-refractivity contribution in [2.75, 3.05) is 6.54 Å². The van der Waals surface area contributed by atoms with E-state index in [1.165, 1.54) is 0 Å². The largest absolute Gasteiger partial charge is 0.480 e. The zero-order chi connectivity index (χ0) is 24.1. The maximum Gasteiger partial charge on any atom is 0.326 e. The number of carboxylic acids is 1. The maximum atomic E-state index is 13.9. The second-order valence-corrected chi connectivity index (χ2v) is 9.24. The van der Waals surface area contributed by atoms with Crippen LogP contribution in [-0.2, 0) is 15.1 Å². The van der Waals surface area contributed by atoms with Crippen molar-refractivity contribution in [1.82, 2.24) is 10.2 Å². The fourth-order valence-corrected chi connectivity index (χ4v) is 5.03. The Labute approximate surface area is 201 Å². The quantitative estimate of drug-likeness (QED) is 0.484. The van der Waals surface area contributed by atoms with Crippen LogP contribution in [0.4, 0.5) is 0 Å². The number of carbonyl (C=O) groups excluding carboxylic acids is 1. The molecule has 0 radical (unpaired) electrons. The van der Waals surface area contributed by atoms with E-state index in [1.54, 1.807) is 4.90 Å². The molecule has 0 unspecified atom stereocenters. The first-order chi connectivity index (χ1) is 16.4. The first-order valence-corrected chi connectivity index (χ1v) is 11.9. The van der Waals surface area contributed by atoms with Gasteiger partial charge in [-0.3, -0.25) is 10.1 Å². The molecule has 4 rings (SSSR count). The lowest BCUT2D eigenvalue weighted by Crippen LogP contribution is -2.59. The number of carbonyl (C=O) groups is 2. The van der Waals surface area contributed by atoms with Gasteiger partial charge in [0.15, 0.2) is 0 Å². The molecule has 0 spiro atoms. The Kier molecular flexibility index (Phi) is 7.13. The molecule has 1 saturated heterocycles. The Morgan fingerprint density at radius 3 is 1.68 bits per heavy atom. The van der Waals surface area contributed by atoms with E-state index in [0.29, 0.717) is 19.4 Å². The maximum absolute atomic E-state index is 13.9. The summed E-state index contributed by atoms with van der Waals surface area (Å²) in [6, 6.07) is 29.1. The number of nitrogens with zero attached hydrogens (tertiary/aromatic N) is 1. The molecule has 2 N–H and O–H groups in total. The van der Waals surface area contributed by atoms with Crippen LogP contribution in [0.15, 0.2) is 91.0 Å². The van der Waals surface area contributed by atoms with Gasteiger partial charge < -0.3 is 10.0 Å². The summed E-state index contributed by atoms with van der Waals surface area (Å²) in [5.41, 5.74) is 2.25. The Balaban J connectivity index is 1.88. The zero-order valence-corrected chi connectivity index (χ0v) is 19.7. The van der Waals surface area contributed by atoms with Crippen LogP contribution in [0.25, 0.3) is 0 Å². The Bertz CT molecular complexity index is 1000. The predicted molar refractivity (Wildman–Crippen MR) is 133 cm³/mol. The van der Waals surface area contributed by atoms with Crippen LogP contribution in [0.3, 0.4) is 0 Å². The Morgan fingerprint density at radius 2 is 1.29 bits per heavy atom. The van der Waals surface area contributed by atoms with Gasteiger partial charge in [0.05, 0.1) is 11.6 Å². The van der Waals surface area contributed by atoms with Gasteiger partial charge in [-0.05, 0) is 35.4 Å². The van der Waals surface area contributed by atoms with E-state index in [-0.39, 0.29) is 11.8 Å². The van der Waals surface area contributed by atoms with Crippen LogP contribution >= 0.6 is 0 Å². The van der Waals surface area contributed by atoms with Gasteiger partial charge in [0, 0.05) is 6.54 Å². The highest BCUT2D eigenvalue weighted by Crippen LogP contribution is 2.38. The number of aliphatic carboxylic acids is 1. The van der Waals surface area contributed by atoms with Crippen LogP contribution < -0.4 is 5.32 Å². The topological polar surface area (TPSA) is 69.6 Å². The summed E-state index contributed by atoms with van der Waals surface area (Å²) in [6.07, 6.45) is 1.20. The van der Waals surface area contributed by atoms with E-state index in [4.69, 9.17) is 0 Å². The van der Waals surface area contributed by atoms with Crippen molar-refractivity contribution in [2.45, 2.75) is 44.3 Å². The zero-order valence-electron chi connectivity index (χ0n) is 19.7. The fourth-order valence-electron chi connectivity index (χ4n) is 5.03. The van der Waals surface area contributed by atoms with Gasteiger partial charge in [-0.1, -0.05) is 105 Å². The third-order valence-corrected chi connectivity index (χ3v) is 6.75. The third kappa shape index (κ3) is 4.48. The van der Waals surface area contributed by atoms with E-state index in [9.17, 15) is 14.7 Å². The molecule has 0 bridgehead atoms. The lowest BCUT2D eigenvalue weighted by molar-refractivity contribution is -0.149. The van der Waals surface area contributed by atoms with Gasteiger partial charge in [-0.2, -0.15) is 0 Å². The summed E-state index contributed by atoms with van der Waals surface area (Å²) in [7, 11) is 0. The molecule has 34 heavy (non-hydrogen) atoms. The van der Waals surface area contributed by atoms with Crippen molar-refractivity contribution in [3.05, 3.63) is 108 Å². The molecule has 1 aliphatic heterocycles. The number of likely N-dealkylation sites (tertiary alicyclic amines) is 1. The average Bonchev–Trinajstić information content (AvgIpc) is 3.37. The van der Waals surface area contributed by atoms with Crippen LogP contribution in [0.5, 0.6) is 0 Å². The standard InChI is InChI=1S/C29H32N2O3/c1-21(2)26(27(32)31-20-12-19-25(31)28(33)34)30-29(22-13-6-3-7-14-22,23-15-8-4-9-16-23)24-17-10-5-11-18-24/h3-11,13-18,21,25-26,30H,12,19-20H2,1-2H3,(H,33,34)/t25-,26+/m0/s1. The Morgan fingerprint density at radius 1 is 0.853 bits per heavy atom. The van der Waals surface area contributed by atoms with E-state index in [0.717, 1.165) is 16.7 Å². The number of amides is 1. The molecule has 5 heteroatoms. The fraction of sp³-hybridized carbons (Fsp3) is 0.310. The van der Waals surface area contributed by atoms with Crippen molar-refractivity contribution in [3.8, 4) is 0 Å². The smallest absolute Gasteiger partial charge is 0.326 e. The molecule has 1 heterocycles. The number of nitrogens with one attached hydrogen (secondary N) is 1.